The Morgan fingerprint density at radius 3 is 2.30 bits per heavy atom. The van der Waals surface area contributed by atoms with Gasteiger partial charge < -0.3 is 4.57 Å². The molecule has 0 radical (unpaired) electrons. The van der Waals surface area contributed by atoms with Crippen LogP contribution in [0.15, 0.2) is 18.7 Å². The highest BCUT2D eigenvalue weighted by molar-refractivity contribution is 4.91. The fraction of sp³-hybridized carbons (Fsp3) is 0.765. The molecule has 20 heavy (non-hydrogen) atoms. The minimum atomic E-state index is 0.0498. The van der Waals surface area contributed by atoms with Gasteiger partial charge in [0.05, 0.1) is 24.4 Å². The molecule has 2 atom stereocenters. The normalized spacial score (nSPS) is 13.8. The molecule has 1 aromatic rings. The number of nitriles is 1. The Morgan fingerprint density at radius 2 is 1.75 bits per heavy atom. The molecule has 0 aliphatic rings. The first-order valence-corrected chi connectivity index (χ1v) is 8.16. The van der Waals surface area contributed by atoms with Gasteiger partial charge in [-0.3, -0.25) is 0 Å². The average molecular weight is 275 g/mol. The predicted molar refractivity (Wildman–Crippen MR) is 83.3 cm³/mol. The molecule has 0 N–H and O–H groups in total. The van der Waals surface area contributed by atoms with E-state index in [9.17, 15) is 0 Å². The Balaban J connectivity index is 2.19. The molecule has 1 rings (SSSR count). The van der Waals surface area contributed by atoms with Crippen molar-refractivity contribution in [2.24, 2.45) is 5.92 Å². The maximum Gasteiger partial charge on any atom is 0.0948 e. The Morgan fingerprint density at radius 1 is 1.10 bits per heavy atom. The van der Waals surface area contributed by atoms with E-state index < -0.39 is 0 Å². The molecule has 3 heteroatoms. The van der Waals surface area contributed by atoms with Crippen LogP contribution in [0, 0.1) is 17.2 Å². The second-order valence-electron chi connectivity index (χ2n) is 5.76. The van der Waals surface area contributed by atoms with E-state index in [2.05, 4.69) is 22.5 Å². The summed E-state index contributed by atoms with van der Waals surface area (Å²) in [5.74, 6) is 0.0498. The highest BCUT2D eigenvalue weighted by Gasteiger charge is 2.17. The number of hydrogen-bond donors (Lipinski definition) is 0. The largest absolute Gasteiger partial charge is 0.333 e. The first kappa shape index (κ1) is 16.8. The van der Waals surface area contributed by atoms with E-state index in [-0.39, 0.29) is 12.0 Å². The average Bonchev–Trinajstić information content (AvgIpc) is 2.99. The number of unbranched alkanes of at least 4 members (excludes halogenated alkanes) is 7. The fourth-order valence-electron chi connectivity index (χ4n) is 2.70. The van der Waals surface area contributed by atoms with Crippen LogP contribution in [0.5, 0.6) is 0 Å². The molecule has 2 unspecified atom stereocenters. The zero-order valence-electron chi connectivity index (χ0n) is 13.1. The lowest BCUT2D eigenvalue weighted by Gasteiger charge is -2.20. The monoisotopic (exact) mass is 275 g/mol. The van der Waals surface area contributed by atoms with Crippen molar-refractivity contribution < 1.29 is 0 Å². The Hall–Kier alpha value is -1.30. The van der Waals surface area contributed by atoms with Gasteiger partial charge in [0.25, 0.3) is 0 Å². The van der Waals surface area contributed by atoms with Crippen molar-refractivity contribution in [1.82, 2.24) is 9.55 Å². The highest BCUT2D eigenvalue weighted by atomic mass is 15.1. The van der Waals surface area contributed by atoms with E-state index in [0.717, 1.165) is 6.42 Å². The molecule has 0 saturated heterocycles. The van der Waals surface area contributed by atoms with Gasteiger partial charge in [0.1, 0.15) is 0 Å². The maximum atomic E-state index is 9.14. The molecule has 0 aliphatic carbocycles. The molecule has 0 aliphatic heterocycles. The summed E-state index contributed by atoms with van der Waals surface area (Å²) in [5, 5.41) is 9.14. The SMILES string of the molecule is CCCCCCCCCCC(C(C)C#N)n1ccnc1. The van der Waals surface area contributed by atoms with Gasteiger partial charge >= 0.3 is 0 Å². The third kappa shape index (κ3) is 6.23. The molecule has 0 bridgehead atoms. The van der Waals surface area contributed by atoms with Gasteiger partial charge in [0.15, 0.2) is 0 Å². The van der Waals surface area contributed by atoms with Crippen LogP contribution < -0.4 is 0 Å². The van der Waals surface area contributed by atoms with Crippen molar-refractivity contribution in [2.45, 2.75) is 77.7 Å². The quantitative estimate of drug-likeness (QED) is 0.526. The summed E-state index contributed by atoms with van der Waals surface area (Å²) in [7, 11) is 0. The number of rotatable bonds is 11. The number of imidazole rings is 1. The molecule has 1 heterocycles. The lowest BCUT2D eigenvalue weighted by Crippen LogP contribution is -2.14. The van der Waals surface area contributed by atoms with Crippen LogP contribution >= 0.6 is 0 Å². The molecular weight excluding hydrogens is 246 g/mol. The van der Waals surface area contributed by atoms with Crippen LogP contribution in [-0.4, -0.2) is 9.55 Å². The molecular formula is C17H29N3. The molecule has 0 spiro atoms. The van der Waals surface area contributed by atoms with Crippen molar-refractivity contribution in [3.63, 3.8) is 0 Å². The minimum Gasteiger partial charge on any atom is -0.333 e. The topological polar surface area (TPSA) is 41.6 Å². The van der Waals surface area contributed by atoms with Crippen molar-refractivity contribution in [2.75, 3.05) is 0 Å². The van der Waals surface area contributed by atoms with Crippen LogP contribution in [0.3, 0.4) is 0 Å². The second kappa shape index (κ2) is 10.5. The van der Waals surface area contributed by atoms with Gasteiger partial charge in [-0.1, -0.05) is 58.3 Å². The minimum absolute atomic E-state index is 0.0498. The summed E-state index contributed by atoms with van der Waals surface area (Å²) in [6.07, 6.45) is 17.4. The van der Waals surface area contributed by atoms with Gasteiger partial charge in [-0.15, -0.1) is 0 Å². The summed E-state index contributed by atoms with van der Waals surface area (Å²) in [6, 6.07) is 2.66. The Kier molecular flexibility index (Phi) is 8.78. The van der Waals surface area contributed by atoms with Crippen LogP contribution in [-0.2, 0) is 0 Å². The first-order valence-electron chi connectivity index (χ1n) is 8.16. The summed E-state index contributed by atoms with van der Waals surface area (Å²) in [4.78, 5) is 4.10. The van der Waals surface area contributed by atoms with E-state index >= 15 is 0 Å². The third-order valence-corrected chi connectivity index (χ3v) is 4.04. The van der Waals surface area contributed by atoms with E-state index in [4.69, 9.17) is 5.26 Å². The molecule has 0 fully saturated rings. The van der Waals surface area contributed by atoms with Crippen LogP contribution in [0.1, 0.15) is 77.7 Å². The maximum absolute atomic E-state index is 9.14. The smallest absolute Gasteiger partial charge is 0.0948 e. The van der Waals surface area contributed by atoms with Crippen LogP contribution in [0.25, 0.3) is 0 Å². The van der Waals surface area contributed by atoms with E-state index in [1.807, 2.05) is 19.4 Å². The highest BCUT2D eigenvalue weighted by Crippen LogP contribution is 2.24. The van der Waals surface area contributed by atoms with Gasteiger partial charge in [-0.2, -0.15) is 5.26 Å². The van der Waals surface area contributed by atoms with Crippen molar-refractivity contribution in [3.8, 4) is 6.07 Å². The summed E-state index contributed by atoms with van der Waals surface area (Å²) < 4.78 is 2.09. The zero-order chi connectivity index (χ0) is 14.6. The Labute approximate surface area is 124 Å². The Bertz CT molecular complexity index is 364. The number of nitrogens with zero attached hydrogens (tertiary/aromatic N) is 3. The number of hydrogen-bond acceptors (Lipinski definition) is 2. The number of aromatic nitrogens is 2. The van der Waals surface area contributed by atoms with Crippen molar-refractivity contribution >= 4 is 0 Å². The van der Waals surface area contributed by atoms with Crippen LogP contribution in [0.2, 0.25) is 0 Å². The van der Waals surface area contributed by atoms with E-state index in [1.165, 1.54) is 51.4 Å². The van der Waals surface area contributed by atoms with Crippen molar-refractivity contribution in [1.29, 1.82) is 5.26 Å². The fourth-order valence-corrected chi connectivity index (χ4v) is 2.70. The van der Waals surface area contributed by atoms with E-state index in [0.29, 0.717) is 0 Å². The summed E-state index contributed by atoms with van der Waals surface area (Å²) >= 11 is 0. The van der Waals surface area contributed by atoms with Gasteiger partial charge in [0.2, 0.25) is 0 Å². The predicted octanol–water partition coefficient (Wildman–Crippen LogP) is 5.11. The lowest BCUT2D eigenvalue weighted by molar-refractivity contribution is 0.371. The first-order chi connectivity index (χ1) is 9.79. The molecule has 112 valence electrons. The molecule has 0 aromatic carbocycles. The van der Waals surface area contributed by atoms with Gasteiger partial charge in [-0.25, -0.2) is 4.98 Å². The van der Waals surface area contributed by atoms with E-state index in [1.54, 1.807) is 6.20 Å². The standard InChI is InChI=1S/C17H29N3/c1-3-4-5-6-7-8-9-10-11-17(16(2)14-18)20-13-12-19-15-20/h12-13,15-17H,3-11H2,1-2H3. The summed E-state index contributed by atoms with van der Waals surface area (Å²) in [6.45, 7) is 4.27. The van der Waals surface area contributed by atoms with Crippen molar-refractivity contribution in [3.05, 3.63) is 18.7 Å². The summed E-state index contributed by atoms with van der Waals surface area (Å²) in [5.41, 5.74) is 0. The van der Waals surface area contributed by atoms with Gasteiger partial charge in [0, 0.05) is 12.4 Å². The molecule has 1 aromatic heterocycles. The van der Waals surface area contributed by atoms with Crippen LogP contribution in [0.4, 0.5) is 0 Å². The zero-order valence-corrected chi connectivity index (χ0v) is 13.1. The molecule has 0 saturated carbocycles. The third-order valence-electron chi connectivity index (χ3n) is 4.04. The van der Waals surface area contributed by atoms with Gasteiger partial charge in [-0.05, 0) is 13.3 Å². The molecule has 3 nitrogen and oxygen atoms in total. The lowest BCUT2D eigenvalue weighted by atomic mass is 9.96. The molecule has 0 amide bonds. The second-order valence-corrected chi connectivity index (χ2v) is 5.76.